The molecule has 0 bridgehead atoms. The highest BCUT2D eigenvalue weighted by Gasteiger charge is 2.67. The first-order valence-electron chi connectivity index (χ1n) is 9.62. The van der Waals surface area contributed by atoms with Crippen molar-refractivity contribution in [3.05, 3.63) is 11.6 Å². The van der Waals surface area contributed by atoms with Crippen LogP contribution >= 0.6 is 0 Å². The predicted molar refractivity (Wildman–Crippen MR) is 94.3 cm³/mol. The standard InChI is InChI=1S/C21H30O4/c1-4-21(25)11-16(24)18-17-14(6-8-20(18,21)3)19(2)7-5-13(22)9-12(19)10-15(17)23/h1,10,13-18,22-25H,5-9,11H2,2-3H3/t13-,14-,15+,16+,17-,18-,19-,20-,21-/m0/s1. The van der Waals surface area contributed by atoms with Crippen molar-refractivity contribution >= 4 is 0 Å². The van der Waals surface area contributed by atoms with Gasteiger partial charge in [0.25, 0.3) is 0 Å². The van der Waals surface area contributed by atoms with Gasteiger partial charge < -0.3 is 20.4 Å². The summed E-state index contributed by atoms with van der Waals surface area (Å²) in [4.78, 5) is 0. The van der Waals surface area contributed by atoms with Crippen LogP contribution in [0.15, 0.2) is 11.6 Å². The zero-order chi connectivity index (χ0) is 18.2. The van der Waals surface area contributed by atoms with Crippen molar-refractivity contribution in [1.82, 2.24) is 0 Å². The summed E-state index contributed by atoms with van der Waals surface area (Å²) in [6, 6.07) is 0. The molecule has 4 heteroatoms. The molecule has 4 nitrogen and oxygen atoms in total. The molecule has 138 valence electrons. The summed E-state index contributed by atoms with van der Waals surface area (Å²) in [5.74, 6) is 2.51. The Bertz CT molecular complexity index is 651. The second-order valence-electron chi connectivity index (χ2n) is 9.44. The van der Waals surface area contributed by atoms with E-state index in [1.54, 1.807) is 0 Å². The van der Waals surface area contributed by atoms with E-state index >= 15 is 0 Å². The monoisotopic (exact) mass is 346 g/mol. The molecule has 4 rings (SSSR count). The van der Waals surface area contributed by atoms with Crippen LogP contribution in [-0.4, -0.2) is 44.3 Å². The van der Waals surface area contributed by atoms with Gasteiger partial charge in [-0.25, -0.2) is 0 Å². The molecule has 0 unspecified atom stereocenters. The molecule has 25 heavy (non-hydrogen) atoms. The molecule has 9 atom stereocenters. The van der Waals surface area contributed by atoms with Crippen molar-refractivity contribution in [3.8, 4) is 12.3 Å². The number of rotatable bonds is 0. The highest BCUT2D eigenvalue weighted by Crippen LogP contribution is 2.66. The number of hydrogen-bond donors (Lipinski definition) is 4. The Morgan fingerprint density at radius 1 is 1.16 bits per heavy atom. The molecule has 4 aliphatic carbocycles. The van der Waals surface area contributed by atoms with E-state index in [1.165, 1.54) is 5.57 Å². The average molecular weight is 346 g/mol. The van der Waals surface area contributed by atoms with Crippen LogP contribution in [0.2, 0.25) is 0 Å². The maximum absolute atomic E-state index is 11.0. The van der Waals surface area contributed by atoms with Crippen molar-refractivity contribution in [2.45, 2.75) is 76.3 Å². The Morgan fingerprint density at radius 3 is 2.56 bits per heavy atom. The SMILES string of the molecule is C#C[C@]1(O)C[C@@H](O)[C@H]2[C@@H]3[C@H](O)C=C4C[C@@H](O)CC[C@]4(C)[C@H]3CC[C@@]21C. The van der Waals surface area contributed by atoms with Gasteiger partial charge in [-0.05, 0) is 55.3 Å². The van der Waals surface area contributed by atoms with Crippen LogP contribution in [-0.2, 0) is 0 Å². The third kappa shape index (κ3) is 2.10. The van der Waals surface area contributed by atoms with Gasteiger partial charge in [-0.1, -0.05) is 31.4 Å². The van der Waals surface area contributed by atoms with Crippen LogP contribution in [0.1, 0.15) is 52.4 Å². The average Bonchev–Trinajstić information content (AvgIpc) is 2.76. The quantitative estimate of drug-likeness (QED) is 0.397. The summed E-state index contributed by atoms with van der Waals surface area (Å²) in [5.41, 5.74) is -0.751. The summed E-state index contributed by atoms with van der Waals surface area (Å²) in [6.07, 6.45) is 10.1. The molecule has 4 aliphatic rings. The van der Waals surface area contributed by atoms with E-state index in [-0.39, 0.29) is 35.7 Å². The van der Waals surface area contributed by atoms with Gasteiger partial charge in [0.2, 0.25) is 0 Å². The van der Waals surface area contributed by atoms with Gasteiger partial charge in [0.05, 0.1) is 18.3 Å². The van der Waals surface area contributed by atoms with Crippen molar-refractivity contribution in [3.63, 3.8) is 0 Å². The van der Waals surface area contributed by atoms with Gasteiger partial charge in [-0.2, -0.15) is 0 Å². The minimum Gasteiger partial charge on any atom is -0.393 e. The first-order valence-corrected chi connectivity index (χ1v) is 9.62. The van der Waals surface area contributed by atoms with E-state index < -0.39 is 23.2 Å². The first kappa shape index (κ1) is 17.5. The fraction of sp³-hybridized carbons (Fsp3) is 0.810. The Labute approximate surface area is 150 Å². The van der Waals surface area contributed by atoms with Crippen LogP contribution in [0.25, 0.3) is 0 Å². The zero-order valence-corrected chi connectivity index (χ0v) is 15.2. The van der Waals surface area contributed by atoms with Crippen LogP contribution < -0.4 is 0 Å². The van der Waals surface area contributed by atoms with Crippen LogP contribution in [0.3, 0.4) is 0 Å². The maximum atomic E-state index is 11.0. The number of aliphatic hydroxyl groups is 4. The van der Waals surface area contributed by atoms with E-state index in [2.05, 4.69) is 12.8 Å². The van der Waals surface area contributed by atoms with Crippen LogP contribution in [0, 0.1) is 40.9 Å². The van der Waals surface area contributed by atoms with Crippen LogP contribution in [0.4, 0.5) is 0 Å². The van der Waals surface area contributed by atoms with Gasteiger partial charge in [-0.15, -0.1) is 6.42 Å². The summed E-state index contributed by atoms with van der Waals surface area (Å²) >= 11 is 0. The van der Waals surface area contributed by atoms with Crippen molar-refractivity contribution in [1.29, 1.82) is 0 Å². The number of aliphatic hydroxyl groups excluding tert-OH is 3. The topological polar surface area (TPSA) is 80.9 Å². The summed E-state index contributed by atoms with van der Waals surface area (Å²) in [5, 5.41) is 42.8. The summed E-state index contributed by atoms with van der Waals surface area (Å²) < 4.78 is 0. The molecule has 0 spiro atoms. The molecule has 3 fully saturated rings. The Balaban J connectivity index is 1.78. The van der Waals surface area contributed by atoms with Crippen molar-refractivity contribution in [2.75, 3.05) is 0 Å². The van der Waals surface area contributed by atoms with Crippen molar-refractivity contribution < 1.29 is 20.4 Å². The molecule has 0 aliphatic heterocycles. The molecule has 0 heterocycles. The van der Waals surface area contributed by atoms with Gasteiger partial charge in [0.15, 0.2) is 0 Å². The molecule has 0 aromatic rings. The molecule has 0 aromatic carbocycles. The van der Waals surface area contributed by atoms with Gasteiger partial charge in [0, 0.05) is 11.8 Å². The highest BCUT2D eigenvalue weighted by molar-refractivity contribution is 5.31. The summed E-state index contributed by atoms with van der Waals surface area (Å²) in [6.45, 7) is 4.24. The van der Waals surface area contributed by atoms with E-state index in [9.17, 15) is 20.4 Å². The Kier molecular flexibility index (Phi) is 3.74. The number of terminal acetylenes is 1. The lowest BCUT2D eigenvalue weighted by Crippen LogP contribution is -2.58. The minimum atomic E-state index is -1.31. The fourth-order valence-corrected chi connectivity index (χ4v) is 6.95. The third-order valence-corrected chi connectivity index (χ3v) is 8.46. The molecular weight excluding hydrogens is 316 g/mol. The predicted octanol–water partition coefficient (Wildman–Crippen LogP) is 1.62. The first-order chi connectivity index (χ1) is 11.7. The second kappa shape index (κ2) is 5.33. The molecule has 3 saturated carbocycles. The fourth-order valence-electron chi connectivity index (χ4n) is 6.95. The van der Waals surface area contributed by atoms with Crippen LogP contribution in [0.5, 0.6) is 0 Å². The molecule has 0 aromatic heterocycles. The van der Waals surface area contributed by atoms with Crippen molar-refractivity contribution in [2.24, 2.45) is 28.6 Å². The smallest absolute Gasteiger partial charge is 0.133 e. The highest BCUT2D eigenvalue weighted by atomic mass is 16.3. The lowest BCUT2D eigenvalue weighted by Gasteiger charge is -2.59. The van der Waals surface area contributed by atoms with E-state index in [0.29, 0.717) is 6.42 Å². The Hall–Kier alpha value is -0.860. The number of fused-ring (bicyclic) bond motifs is 5. The second-order valence-corrected chi connectivity index (χ2v) is 9.44. The lowest BCUT2D eigenvalue weighted by molar-refractivity contribution is -0.136. The molecule has 0 radical (unpaired) electrons. The molecular formula is C21H30O4. The maximum Gasteiger partial charge on any atom is 0.133 e. The van der Waals surface area contributed by atoms with E-state index in [4.69, 9.17) is 6.42 Å². The normalized spacial score (nSPS) is 57.7. The Morgan fingerprint density at radius 2 is 1.88 bits per heavy atom. The van der Waals surface area contributed by atoms with E-state index in [1.807, 2.05) is 13.0 Å². The third-order valence-electron chi connectivity index (χ3n) is 8.46. The molecule has 4 N–H and O–H groups in total. The van der Waals surface area contributed by atoms with E-state index in [0.717, 1.165) is 25.7 Å². The molecule has 0 amide bonds. The number of hydrogen-bond acceptors (Lipinski definition) is 4. The zero-order valence-electron chi connectivity index (χ0n) is 15.2. The lowest BCUT2D eigenvalue weighted by atomic mass is 9.46. The van der Waals surface area contributed by atoms with Gasteiger partial charge in [0.1, 0.15) is 5.60 Å². The van der Waals surface area contributed by atoms with Gasteiger partial charge in [-0.3, -0.25) is 0 Å². The largest absolute Gasteiger partial charge is 0.393 e. The van der Waals surface area contributed by atoms with Gasteiger partial charge >= 0.3 is 0 Å². The molecule has 0 saturated heterocycles. The minimum absolute atomic E-state index is 0.0406. The summed E-state index contributed by atoms with van der Waals surface area (Å²) in [7, 11) is 0.